The van der Waals surface area contributed by atoms with Gasteiger partial charge in [-0.1, -0.05) is 12.1 Å². The number of urea groups is 1. The molecule has 3 N–H and O–H groups in total. The fraction of sp³-hybridized carbons (Fsp3) is 0.300. The zero-order valence-corrected chi connectivity index (χ0v) is 16.5. The van der Waals surface area contributed by atoms with Crippen LogP contribution in [0, 0.1) is 0 Å². The van der Waals surface area contributed by atoms with Crippen molar-refractivity contribution in [2.75, 3.05) is 26.8 Å². The molecule has 0 aliphatic heterocycles. The van der Waals surface area contributed by atoms with Gasteiger partial charge in [0.15, 0.2) is 0 Å². The van der Waals surface area contributed by atoms with Crippen molar-refractivity contribution in [2.45, 2.75) is 13.1 Å². The molecule has 10 heteroatoms. The first-order valence-corrected chi connectivity index (χ1v) is 9.34. The predicted octanol–water partition coefficient (Wildman–Crippen LogP) is 0.991. The molecule has 30 heavy (non-hydrogen) atoms. The number of ether oxygens (including phenoxy) is 1. The van der Waals surface area contributed by atoms with Gasteiger partial charge in [0.25, 0.3) is 5.56 Å². The molecule has 0 atom stereocenters. The summed E-state index contributed by atoms with van der Waals surface area (Å²) < 4.78 is 10.2. The first kappa shape index (κ1) is 21.2. The van der Waals surface area contributed by atoms with Gasteiger partial charge in [-0.15, -0.1) is 0 Å². The Morgan fingerprint density at radius 2 is 2.07 bits per heavy atom. The fourth-order valence-corrected chi connectivity index (χ4v) is 2.85. The lowest BCUT2D eigenvalue weighted by Crippen LogP contribution is -2.45. The molecule has 0 spiro atoms. The maximum absolute atomic E-state index is 12.3. The third kappa shape index (κ3) is 6.00. The predicted molar refractivity (Wildman–Crippen MR) is 109 cm³/mol. The van der Waals surface area contributed by atoms with Crippen molar-refractivity contribution in [3.05, 3.63) is 64.6 Å². The van der Waals surface area contributed by atoms with Gasteiger partial charge in [0.1, 0.15) is 11.6 Å². The molecule has 0 saturated heterocycles. The van der Waals surface area contributed by atoms with Crippen molar-refractivity contribution in [2.24, 2.45) is 0 Å². The van der Waals surface area contributed by atoms with E-state index in [9.17, 15) is 14.4 Å². The molecule has 0 aliphatic rings. The second kappa shape index (κ2) is 10.3. The Morgan fingerprint density at radius 1 is 1.23 bits per heavy atom. The van der Waals surface area contributed by atoms with Gasteiger partial charge in [-0.05, 0) is 24.3 Å². The summed E-state index contributed by atoms with van der Waals surface area (Å²) >= 11 is 0. The van der Waals surface area contributed by atoms with Crippen molar-refractivity contribution in [3.63, 3.8) is 0 Å². The molecule has 10 nitrogen and oxygen atoms in total. The number of benzene rings is 1. The van der Waals surface area contributed by atoms with Crippen LogP contribution >= 0.6 is 0 Å². The number of para-hydroxylation sites is 1. The van der Waals surface area contributed by atoms with E-state index in [-0.39, 0.29) is 25.2 Å². The lowest BCUT2D eigenvalue weighted by molar-refractivity contribution is -0.121. The van der Waals surface area contributed by atoms with Crippen LogP contribution in [0.15, 0.2) is 51.9 Å². The van der Waals surface area contributed by atoms with E-state index in [1.54, 1.807) is 48.4 Å². The van der Waals surface area contributed by atoms with Crippen LogP contribution in [-0.2, 0) is 22.6 Å². The maximum atomic E-state index is 12.3. The summed E-state index contributed by atoms with van der Waals surface area (Å²) in [5.41, 5.74) is 0.328. The summed E-state index contributed by atoms with van der Waals surface area (Å²) in [7, 11) is 1.55. The van der Waals surface area contributed by atoms with Gasteiger partial charge in [-0.3, -0.25) is 19.8 Å². The number of furan rings is 1. The third-order valence-electron chi connectivity index (χ3n) is 4.27. The number of aromatic amines is 1. The number of carbonyl (C=O) groups is 2. The number of nitrogens with zero attached hydrogens (tertiary/aromatic N) is 2. The van der Waals surface area contributed by atoms with Crippen LogP contribution in [0.25, 0.3) is 10.9 Å². The van der Waals surface area contributed by atoms with E-state index in [0.717, 1.165) is 0 Å². The number of nitrogens with one attached hydrogen (secondary N) is 3. The Hall–Kier alpha value is -3.50. The first-order chi connectivity index (χ1) is 14.5. The van der Waals surface area contributed by atoms with Crippen molar-refractivity contribution >= 4 is 22.8 Å². The molecule has 158 valence electrons. The van der Waals surface area contributed by atoms with E-state index >= 15 is 0 Å². The first-order valence-electron chi connectivity index (χ1n) is 9.34. The van der Waals surface area contributed by atoms with Crippen LogP contribution < -0.4 is 16.2 Å². The molecular formula is C20H23N5O5. The zero-order valence-electron chi connectivity index (χ0n) is 16.5. The molecule has 1 aromatic carbocycles. The normalized spacial score (nSPS) is 11.0. The molecule has 3 amide bonds. The summed E-state index contributed by atoms with van der Waals surface area (Å²) in [6.07, 6.45) is 1.50. The number of fused-ring (bicyclic) bond motifs is 1. The number of imide groups is 1. The molecule has 0 aliphatic carbocycles. The van der Waals surface area contributed by atoms with Gasteiger partial charge in [0.05, 0.1) is 43.4 Å². The van der Waals surface area contributed by atoms with E-state index in [1.165, 1.54) is 6.26 Å². The highest BCUT2D eigenvalue weighted by Gasteiger charge is 2.15. The van der Waals surface area contributed by atoms with Crippen molar-refractivity contribution in [1.82, 2.24) is 25.5 Å². The Morgan fingerprint density at radius 3 is 2.83 bits per heavy atom. The van der Waals surface area contributed by atoms with Gasteiger partial charge in [0.2, 0.25) is 5.91 Å². The molecule has 0 radical (unpaired) electrons. The summed E-state index contributed by atoms with van der Waals surface area (Å²) in [4.78, 5) is 45.4. The van der Waals surface area contributed by atoms with Gasteiger partial charge in [-0.25, -0.2) is 9.78 Å². The van der Waals surface area contributed by atoms with E-state index in [1.807, 2.05) is 0 Å². The number of rotatable bonds is 9. The third-order valence-corrected chi connectivity index (χ3v) is 4.27. The Balaban J connectivity index is 1.60. The molecule has 0 saturated carbocycles. The standard InChI is InChI=1S/C20H23N5O5/c1-29-10-8-25(12-17-22-16-7-3-2-6-15(16)19(27)23-17)13-18(26)24-20(28)21-11-14-5-4-9-30-14/h2-7,9H,8,10-13H2,1H3,(H,22,23,27)(H2,21,24,26,28). The molecule has 3 rings (SSSR count). The molecule has 0 unspecified atom stereocenters. The van der Waals surface area contributed by atoms with Gasteiger partial charge >= 0.3 is 6.03 Å². The van der Waals surface area contributed by atoms with Crippen LogP contribution in [0.2, 0.25) is 0 Å². The number of aromatic nitrogens is 2. The number of H-pyrrole nitrogens is 1. The van der Waals surface area contributed by atoms with E-state index in [4.69, 9.17) is 9.15 Å². The van der Waals surface area contributed by atoms with E-state index in [2.05, 4.69) is 20.6 Å². The average molecular weight is 413 g/mol. The Labute approximate surface area is 172 Å². The molecule has 0 bridgehead atoms. The Kier molecular flexibility index (Phi) is 7.30. The minimum Gasteiger partial charge on any atom is -0.467 e. The van der Waals surface area contributed by atoms with Crippen LogP contribution in [-0.4, -0.2) is 53.6 Å². The second-order valence-corrected chi connectivity index (χ2v) is 6.54. The molecule has 0 fully saturated rings. The monoisotopic (exact) mass is 413 g/mol. The van der Waals surface area contributed by atoms with Crippen molar-refractivity contribution in [3.8, 4) is 0 Å². The highest BCUT2D eigenvalue weighted by Crippen LogP contribution is 2.07. The van der Waals surface area contributed by atoms with Gasteiger partial charge < -0.3 is 19.5 Å². The maximum Gasteiger partial charge on any atom is 0.321 e. The van der Waals surface area contributed by atoms with E-state index < -0.39 is 11.9 Å². The van der Waals surface area contributed by atoms with Gasteiger partial charge in [-0.2, -0.15) is 0 Å². The van der Waals surface area contributed by atoms with Crippen LogP contribution in [0.3, 0.4) is 0 Å². The van der Waals surface area contributed by atoms with Crippen LogP contribution in [0.1, 0.15) is 11.6 Å². The summed E-state index contributed by atoms with van der Waals surface area (Å²) in [6, 6.07) is 9.82. The van der Waals surface area contributed by atoms with E-state index in [0.29, 0.717) is 35.6 Å². The largest absolute Gasteiger partial charge is 0.467 e. The smallest absolute Gasteiger partial charge is 0.321 e. The lowest BCUT2D eigenvalue weighted by Gasteiger charge is -2.20. The fourth-order valence-electron chi connectivity index (χ4n) is 2.85. The summed E-state index contributed by atoms with van der Waals surface area (Å²) in [5.74, 6) is 0.502. The lowest BCUT2D eigenvalue weighted by atomic mass is 10.2. The SMILES string of the molecule is COCCN(CC(=O)NC(=O)NCc1ccco1)Cc1nc2ccccc2c(=O)[nH]1. The highest BCUT2D eigenvalue weighted by atomic mass is 16.5. The molecular weight excluding hydrogens is 390 g/mol. The highest BCUT2D eigenvalue weighted by molar-refractivity contribution is 5.95. The average Bonchev–Trinajstić information content (AvgIpc) is 3.24. The van der Waals surface area contributed by atoms with Crippen molar-refractivity contribution in [1.29, 1.82) is 0 Å². The molecule has 2 heterocycles. The minimum atomic E-state index is -0.625. The van der Waals surface area contributed by atoms with Crippen LogP contribution in [0.5, 0.6) is 0 Å². The van der Waals surface area contributed by atoms with Crippen molar-refractivity contribution < 1.29 is 18.7 Å². The number of carbonyl (C=O) groups excluding carboxylic acids is 2. The van der Waals surface area contributed by atoms with Gasteiger partial charge in [0, 0.05) is 13.7 Å². The summed E-state index contributed by atoms with van der Waals surface area (Å²) in [5, 5.41) is 5.31. The number of hydrogen-bond acceptors (Lipinski definition) is 7. The molecule has 2 aromatic heterocycles. The number of amides is 3. The molecule has 3 aromatic rings. The second-order valence-electron chi connectivity index (χ2n) is 6.54. The minimum absolute atomic E-state index is 0.0753. The summed E-state index contributed by atoms with van der Waals surface area (Å²) in [6.45, 7) is 1.09. The zero-order chi connectivity index (χ0) is 21.3. The topological polar surface area (TPSA) is 130 Å². The number of hydrogen-bond donors (Lipinski definition) is 3. The Bertz CT molecular complexity index is 1050. The van der Waals surface area contributed by atoms with Crippen LogP contribution in [0.4, 0.5) is 4.79 Å². The number of methoxy groups -OCH3 is 1. The quantitative estimate of drug-likeness (QED) is 0.477.